The molecule has 96 valence electrons. The Kier molecular flexibility index (Phi) is 2.48. The number of alkyl halides is 1. The fourth-order valence-corrected chi connectivity index (χ4v) is 2.74. The third kappa shape index (κ3) is 1.50. The summed E-state index contributed by atoms with van der Waals surface area (Å²) in [4.78, 5) is 4.03. The molecular formula is C12H11ClF2N2O. The normalized spacial score (nSPS) is 33.4. The molecule has 0 spiro atoms. The van der Waals surface area contributed by atoms with Crippen molar-refractivity contribution < 1.29 is 13.5 Å². The van der Waals surface area contributed by atoms with Crippen LogP contribution in [-0.4, -0.2) is 18.8 Å². The third-order valence-electron chi connectivity index (χ3n) is 3.55. The van der Waals surface area contributed by atoms with Crippen LogP contribution < -0.4 is 5.73 Å². The van der Waals surface area contributed by atoms with Crippen molar-refractivity contribution in [2.24, 2.45) is 16.6 Å². The molecule has 18 heavy (non-hydrogen) atoms. The van der Waals surface area contributed by atoms with E-state index in [9.17, 15) is 8.78 Å². The Morgan fingerprint density at radius 2 is 2.33 bits per heavy atom. The number of hydrogen-bond donors (Lipinski definition) is 1. The number of rotatable bonds is 2. The van der Waals surface area contributed by atoms with E-state index in [1.807, 2.05) is 0 Å². The van der Waals surface area contributed by atoms with Gasteiger partial charge < -0.3 is 10.5 Å². The average Bonchev–Trinajstić information content (AvgIpc) is 3.11. The van der Waals surface area contributed by atoms with Crippen LogP contribution in [0.1, 0.15) is 12.0 Å². The number of fused-ring (bicyclic) bond motifs is 1. The number of hydrogen-bond acceptors (Lipinski definition) is 3. The summed E-state index contributed by atoms with van der Waals surface area (Å²) in [6.07, 6.45) is 0.455. The molecule has 0 aromatic heterocycles. The highest BCUT2D eigenvalue weighted by Crippen LogP contribution is 2.53. The van der Waals surface area contributed by atoms with Gasteiger partial charge in [0.2, 0.25) is 0 Å². The van der Waals surface area contributed by atoms with Crippen molar-refractivity contribution in [3.8, 4) is 0 Å². The average molecular weight is 273 g/mol. The van der Waals surface area contributed by atoms with Gasteiger partial charge in [-0.3, -0.25) is 0 Å². The summed E-state index contributed by atoms with van der Waals surface area (Å²) in [5, 5.41) is -0.0437. The Morgan fingerprint density at radius 3 is 3.06 bits per heavy atom. The first kappa shape index (κ1) is 11.7. The molecule has 1 saturated carbocycles. The van der Waals surface area contributed by atoms with E-state index in [4.69, 9.17) is 22.1 Å². The minimum absolute atomic E-state index is 0.0437. The highest BCUT2D eigenvalue weighted by atomic mass is 35.5. The molecule has 3 nitrogen and oxygen atoms in total. The van der Waals surface area contributed by atoms with Crippen LogP contribution in [0.2, 0.25) is 5.02 Å². The van der Waals surface area contributed by atoms with Crippen molar-refractivity contribution in [1.29, 1.82) is 0 Å². The highest BCUT2D eigenvalue weighted by molar-refractivity contribution is 6.30. The highest BCUT2D eigenvalue weighted by Gasteiger charge is 2.60. The lowest BCUT2D eigenvalue weighted by molar-refractivity contribution is 0.168. The van der Waals surface area contributed by atoms with Crippen LogP contribution in [0.15, 0.2) is 23.2 Å². The van der Waals surface area contributed by atoms with E-state index in [1.165, 1.54) is 12.1 Å². The number of benzene rings is 1. The zero-order valence-electron chi connectivity index (χ0n) is 9.37. The second-order valence-electron chi connectivity index (χ2n) is 4.61. The van der Waals surface area contributed by atoms with Crippen LogP contribution in [0, 0.1) is 11.7 Å². The molecule has 1 aliphatic carbocycles. The minimum Gasteiger partial charge on any atom is -0.462 e. The maximum Gasteiger partial charge on any atom is 0.283 e. The van der Waals surface area contributed by atoms with Crippen molar-refractivity contribution in [3.63, 3.8) is 0 Å². The second-order valence-corrected chi connectivity index (χ2v) is 5.02. The van der Waals surface area contributed by atoms with Crippen LogP contribution in [0.25, 0.3) is 0 Å². The lowest BCUT2D eigenvalue weighted by atomic mass is 9.85. The van der Waals surface area contributed by atoms with Crippen molar-refractivity contribution in [3.05, 3.63) is 34.6 Å². The molecule has 1 aliphatic heterocycles. The van der Waals surface area contributed by atoms with Crippen molar-refractivity contribution >= 4 is 17.6 Å². The molecule has 0 saturated heterocycles. The predicted octanol–water partition coefficient (Wildman–Crippen LogP) is 2.38. The van der Waals surface area contributed by atoms with Crippen molar-refractivity contribution in [1.82, 2.24) is 0 Å². The lowest BCUT2D eigenvalue weighted by Crippen LogP contribution is -2.39. The standard InChI is InChI=1S/C12H11ClF2N2O/c13-8-3-1-2-6(10(8)15)12(5-14)7-4-9(7)18-11(16)17-12/h1-3,7,9H,4-5H2,(H2,16,17)/t7?,9?,12-/m1/s1. The molecule has 0 bridgehead atoms. The second kappa shape index (κ2) is 3.82. The molecule has 1 aromatic rings. The zero-order chi connectivity index (χ0) is 12.9. The van der Waals surface area contributed by atoms with Gasteiger partial charge in [-0.2, -0.15) is 0 Å². The molecule has 1 heterocycles. The molecule has 3 rings (SSSR count). The van der Waals surface area contributed by atoms with E-state index in [2.05, 4.69) is 4.99 Å². The fourth-order valence-electron chi connectivity index (χ4n) is 2.56. The van der Waals surface area contributed by atoms with E-state index in [0.717, 1.165) is 0 Å². The van der Waals surface area contributed by atoms with Gasteiger partial charge in [0.25, 0.3) is 6.02 Å². The van der Waals surface area contributed by atoms with Crippen molar-refractivity contribution in [2.75, 3.05) is 6.67 Å². The molecule has 6 heteroatoms. The van der Waals surface area contributed by atoms with E-state index in [-0.39, 0.29) is 28.6 Å². The van der Waals surface area contributed by atoms with Crippen LogP contribution in [0.3, 0.4) is 0 Å². The largest absolute Gasteiger partial charge is 0.462 e. The van der Waals surface area contributed by atoms with Gasteiger partial charge in [-0.1, -0.05) is 23.7 Å². The third-order valence-corrected chi connectivity index (χ3v) is 3.84. The molecule has 0 amide bonds. The van der Waals surface area contributed by atoms with E-state index in [1.54, 1.807) is 6.07 Å². The summed E-state index contributed by atoms with van der Waals surface area (Å²) in [6, 6.07) is 4.41. The molecule has 3 atom stereocenters. The quantitative estimate of drug-likeness (QED) is 0.898. The number of ether oxygens (including phenoxy) is 1. The Balaban J connectivity index is 2.17. The topological polar surface area (TPSA) is 47.6 Å². The van der Waals surface area contributed by atoms with Gasteiger partial charge in [-0.15, -0.1) is 0 Å². The number of aliphatic imine (C=N–C) groups is 1. The van der Waals surface area contributed by atoms with Gasteiger partial charge >= 0.3 is 0 Å². The van der Waals surface area contributed by atoms with Gasteiger partial charge in [0, 0.05) is 11.5 Å². The van der Waals surface area contributed by atoms with Crippen LogP contribution >= 0.6 is 11.6 Å². The molecular weight excluding hydrogens is 262 g/mol. The van der Waals surface area contributed by atoms with E-state index in [0.29, 0.717) is 6.42 Å². The van der Waals surface area contributed by atoms with Crippen LogP contribution in [0.4, 0.5) is 8.78 Å². The fraction of sp³-hybridized carbons (Fsp3) is 0.417. The Labute approximate surface area is 108 Å². The minimum atomic E-state index is -1.29. The van der Waals surface area contributed by atoms with E-state index >= 15 is 0 Å². The molecule has 1 aromatic carbocycles. The summed E-state index contributed by atoms with van der Waals surface area (Å²) in [5.41, 5.74) is 4.39. The molecule has 2 N–H and O–H groups in total. The summed E-state index contributed by atoms with van der Waals surface area (Å²) in [6.45, 7) is -0.824. The van der Waals surface area contributed by atoms with Crippen LogP contribution in [-0.2, 0) is 10.3 Å². The monoisotopic (exact) mass is 272 g/mol. The maximum atomic E-state index is 14.1. The molecule has 2 unspecified atom stereocenters. The number of nitrogens with two attached hydrogens (primary N) is 1. The summed E-state index contributed by atoms with van der Waals surface area (Å²) >= 11 is 5.74. The Hall–Kier alpha value is -1.36. The first-order chi connectivity index (χ1) is 8.58. The first-order valence-electron chi connectivity index (χ1n) is 5.61. The van der Waals surface area contributed by atoms with Crippen molar-refractivity contribution in [2.45, 2.75) is 18.1 Å². The number of nitrogens with zero attached hydrogens (tertiary/aromatic N) is 1. The SMILES string of the molecule is NC1=N[C@](CF)(c2cccc(Cl)c2F)C2CC2O1. The molecule has 1 fully saturated rings. The van der Waals surface area contributed by atoms with Gasteiger partial charge in [-0.05, 0) is 12.5 Å². The van der Waals surface area contributed by atoms with E-state index < -0.39 is 18.0 Å². The summed E-state index contributed by atoms with van der Waals surface area (Å²) in [7, 11) is 0. The van der Waals surface area contributed by atoms with Gasteiger partial charge in [0.05, 0.1) is 5.02 Å². The maximum absolute atomic E-state index is 14.1. The van der Waals surface area contributed by atoms with Gasteiger partial charge in [0.1, 0.15) is 24.1 Å². The Bertz CT molecular complexity index is 537. The van der Waals surface area contributed by atoms with Gasteiger partial charge in [0.15, 0.2) is 0 Å². The Morgan fingerprint density at radius 1 is 1.56 bits per heavy atom. The summed E-state index contributed by atoms with van der Waals surface area (Å²) < 4.78 is 32.9. The zero-order valence-corrected chi connectivity index (χ0v) is 10.1. The number of halogens is 3. The molecule has 0 radical (unpaired) electrons. The predicted molar refractivity (Wildman–Crippen MR) is 63.7 cm³/mol. The molecule has 2 aliphatic rings. The van der Waals surface area contributed by atoms with Crippen LogP contribution in [0.5, 0.6) is 0 Å². The lowest BCUT2D eigenvalue weighted by Gasteiger charge is -2.31. The van der Waals surface area contributed by atoms with Gasteiger partial charge in [-0.25, -0.2) is 13.8 Å². The summed E-state index contributed by atoms with van der Waals surface area (Å²) in [5.74, 6) is -0.816. The number of amidine groups is 1. The smallest absolute Gasteiger partial charge is 0.283 e. The first-order valence-corrected chi connectivity index (χ1v) is 5.98.